The van der Waals surface area contributed by atoms with Gasteiger partial charge in [0.15, 0.2) is 6.10 Å². The minimum absolute atomic E-state index is 0.179. The number of amides is 2. The van der Waals surface area contributed by atoms with E-state index in [1.165, 1.54) is 19.1 Å². The Labute approximate surface area is 175 Å². The van der Waals surface area contributed by atoms with Crippen LogP contribution in [-0.4, -0.2) is 29.9 Å². The first-order valence-corrected chi connectivity index (χ1v) is 9.78. The summed E-state index contributed by atoms with van der Waals surface area (Å²) in [5.41, 5.74) is 1.98. The second-order valence-electron chi connectivity index (χ2n) is 7.43. The quantitative estimate of drug-likeness (QED) is 0.650. The van der Waals surface area contributed by atoms with E-state index in [1.54, 1.807) is 38.1 Å². The van der Waals surface area contributed by atoms with Gasteiger partial charge < -0.3 is 15.4 Å². The summed E-state index contributed by atoms with van der Waals surface area (Å²) in [5.74, 6) is -2.14. The maximum atomic E-state index is 12.9. The average Bonchev–Trinajstić information content (AvgIpc) is 2.71. The molecule has 0 aliphatic carbocycles. The zero-order valence-electron chi connectivity index (χ0n) is 17.6. The van der Waals surface area contributed by atoms with Gasteiger partial charge in [0.25, 0.3) is 11.8 Å². The molecule has 0 saturated carbocycles. The first kappa shape index (κ1) is 23.1. The third kappa shape index (κ3) is 6.40. The maximum Gasteiger partial charge on any atom is 0.329 e. The number of hydrogen-bond acceptors (Lipinski definition) is 4. The Balaban J connectivity index is 1.94. The van der Waals surface area contributed by atoms with Crippen molar-refractivity contribution in [2.45, 2.75) is 46.4 Å². The largest absolute Gasteiger partial charge is 0.451 e. The van der Waals surface area contributed by atoms with Crippen molar-refractivity contribution in [2.24, 2.45) is 5.92 Å². The van der Waals surface area contributed by atoms with E-state index in [9.17, 15) is 18.8 Å². The second-order valence-corrected chi connectivity index (χ2v) is 7.43. The van der Waals surface area contributed by atoms with Crippen molar-refractivity contribution < 1.29 is 23.5 Å². The van der Waals surface area contributed by atoms with Crippen molar-refractivity contribution in [3.8, 4) is 0 Å². The van der Waals surface area contributed by atoms with Crippen molar-refractivity contribution in [2.75, 3.05) is 0 Å². The van der Waals surface area contributed by atoms with E-state index in [0.29, 0.717) is 11.1 Å². The Morgan fingerprint density at radius 2 is 1.63 bits per heavy atom. The molecule has 2 aromatic carbocycles. The molecule has 2 amide bonds. The Bertz CT molecular complexity index is 896. The Morgan fingerprint density at radius 1 is 1.00 bits per heavy atom. The van der Waals surface area contributed by atoms with Crippen LogP contribution in [-0.2, 0) is 20.9 Å². The van der Waals surface area contributed by atoms with Gasteiger partial charge in [0.2, 0.25) is 0 Å². The molecule has 0 aromatic heterocycles. The standard InChI is InChI=1S/C23H27FN2O4/c1-14(2)20(26-22(28)19-8-6-5-7-15(19)3)23(29)30-16(4)21(27)25-13-17-9-11-18(24)12-10-17/h5-12,14,16,20H,13H2,1-4H3,(H,25,27)(H,26,28)/t16-,20+/m1/s1. The van der Waals surface area contributed by atoms with E-state index in [2.05, 4.69) is 10.6 Å². The first-order valence-electron chi connectivity index (χ1n) is 9.78. The first-order chi connectivity index (χ1) is 14.2. The summed E-state index contributed by atoms with van der Waals surface area (Å²) in [6.45, 7) is 7.01. The molecule has 2 atom stereocenters. The molecule has 0 fully saturated rings. The molecule has 0 bridgehead atoms. The van der Waals surface area contributed by atoms with Crippen LogP contribution in [0.2, 0.25) is 0 Å². The fourth-order valence-electron chi connectivity index (χ4n) is 2.78. The fraction of sp³-hybridized carbons (Fsp3) is 0.348. The number of hydrogen-bond donors (Lipinski definition) is 2. The van der Waals surface area contributed by atoms with Gasteiger partial charge in [0.1, 0.15) is 11.9 Å². The normalized spacial score (nSPS) is 12.7. The summed E-state index contributed by atoms with van der Waals surface area (Å²) in [5, 5.41) is 5.34. The highest BCUT2D eigenvalue weighted by atomic mass is 19.1. The molecule has 0 radical (unpaired) electrons. The van der Waals surface area contributed by atoms with E-state index >= 15 is 0 Å². The molecule has 0 spiro atoms. The molecule has 30 heavy (non-hydrogen) atoms. The molecule has 160 valence electrons. The third-order valence-electron chi connectivity index (χ3n) is 4.64. The van der Waals surface area contributed by atoms with Crippen LogP contribution < -0.4 is 10.6 Å². The molecule has 6 nitrogen and oxygen atoms in total. The zero-order valence-corrected chi connectivity index (χ0v) is 17.6. The van der Waals surface area contributed by atoms with Gasteiger partial charge >= 0.3 is 5.97 Å². The highest BCUT2D eigenvalue weighted by Gasteiger charge is 2.29. The smallest absolute Gasteiger partial charge is 0.329 e. The molecule has 0 aliphatic heterocycles. The maximum absolute atomic E-state index is 12.9. The second kappa shape index (κ2) is 10.5. The summed E-state index contributed by atoms with van der Waals surface area (Å²) in [6, 6.07) is 11.9. The van der Waals surface area contributed by atoms with Gasteiger partial charge in [-0.25, -0.2) is 9.18 Å². The number of nitrogens with one attached hydrogen (secondary N) is 2. The molecular weight excluding hydrogens is 387 g/mol. The number of carbonyl (C=O) groups is 3. The number of esters is 1. The zero-order chi connectivity index (χ0) is 22.3. The topological polar surface area (TPSA) is 84.5 Å². The lowest BCUT2D eigenvalue weighted by Crippen LogP contribution is -2.47. The van der Waals surface area contributed by atoms with Gasteiger partial charge in [-0.05, 0) is 49.1 Å². The van der Waals surface area contributed by atoms with Crippen molar-refractivity contribution in [1.29, 1.82) is 0 Å². The van der Waals surface area contributed by atoms with Crippen LogP contribution in [0.1, 0.15) is 42.3 Å². The van der Waals surface area contributed by atoms with Crippen LogP contribution in [0.25, 0.3) is 0 Å². The molecule has 0 heterocycles. The number of ether oxygens (including phenoxy) is 1. The van der Waals surface area contributed by atoms with Crippen LogP contribution in [0.5, 0.6) is 0 Å². The van der Waals surface area contributed by atoms with Crippen LogP contribution in [0.15, 0.2) is 48.5 Å². The summed E-state index contributed by atoms with van der Waals surface area (Å²) < 4.78 is 18.2. The van der Waals surface area contributed by atoms with Gasteiger partial charge in [0, 0.05) is 12.1 Å². The van der Waals surface area contributed by atoms with Gasteiger partial charge in [-0.15, -0.1) is 0 Å². The molecule has 7 heteroatoms. The lowest BCUT2D eigenvalue weighted by Gasteiger charge is -2.23. The molecule has 2 rings (SSSR count). The lowest BCUT2D eigenvalue weighted by molar-refractivity contribution is -0.157. The SMILES string of the molecule is Cc1ccccc1C(=O)N[C@H](C(=O)O[C@H](C)C(=O)NCc1ccc(F)cc1)C(C)C. The number of carbonyl (C=O) groups excluding carboxylic acids is 3. The Hall–Kier alpha value is -3.22. The van der Waals surface area contributed by atoms with Crippen LogP contribution in [0.3, 0.4) is 0 Å². The summed E-state index contributed by atoms with van der Waals surface area (Å²) >= 11 is 0. The predicted molar refractivity (Wildman–Crippen MR) is 111 cm³/mol. The molecule has 2 aromatic rings. The lowest BCUT2D eigenvalue weighted by atomic mass is 10.0. The van der Waals surface area contributed by atoms with E-state index in [1.807, 2.05) is 19.1 Å². The van der Waals surface area contributed by atoms with E-state index in [4.69, 9.17) is 4.74 Å². The van der Waals surface area contributed by atoms with Crippen LogP contribution in [0, 0.1) is 18.7 Å². The predicted octanol–water partition coefficient (Wildman–Crippen LogP) is 3.14. The summed E-state index contributed by atoms with van der Waals surface area (Å²) in [6.07, 6.45) is -1.05. The van der Waals surface area contributed by atoms with Crippen LogP contribution in [0.4, 0.5) is 4.39 Å². The Kier molecular flexibility index (Phi) is 8.09. The summed E-state index contributed by atoms with van der Waals surface area (Å²) in [7, 11) is 0. The molecule has 0 aliphatic rings. The number of halogens is 1. The number of benzene rings is 2. The highest BCUT2D eigenvalue weighted by Crippen LogP contribution is 2.11. The van der Waals surface area contributed by atoms with Gasteiger partial charge in [-0.3, -0.25) is 9.59 Å². The fourth-order valence-corrected chi connectivity index (χ4v) is 2.78. The van der Waals surface area contributed by atoms with Crippen LogP contribution >= 0.6 is 0 Å². The minimum Gasteiger partial charge on any atom is -0.451 e. The van der Waals surface area contributed by atoms with Crippen molar-refractivity contribution in [3.05, 3.63) is 71.0 Å². The average molecular weight is 414 g/mol. The van der Waals surface area contributed by atoms with E-state index in [0.717, 1.165) is 5.56 Å². The molecule has 2 N–H and O–H groups in total. The van der Waals surface area contributed by atoms with Crippen molar-refractivity contribution >= 4 is 17.8 Å². The molecular formula is C23H27FN2O4. The monoisotopic (exact) mass is 414 g/mol. The van der Waals surface area contributed by atoms with Gasteiger partial charge in [-0.2, -0.15) is 0 Å². The highest BCUT2D eigenvalue weighted by molar-refractivity contribution is 5.98. The molecule has 0 unspecified atom stereocenters. The Morgan fingerprint density at radius 3 is 2.23 bits per heavy atom. The number of aryl methyl sites for hydroxylation is 1. The third-order valence-corrected chi connectivity index (χ3v) is 4.64. The number of rotatable bonds is 8. The van der Waals surface area contributed by atoms with Crippen molar-refractivity contribution in [3.63, 3.8) is 0 Å². The summed E-state index contributed by atoms with van der Waals surface area (Å²) in [4.78, 5) is 37.4. The minimum atomic E-state index is -1.05. The van der Waals surface area contributed by atoms with Crippen molar-refractivity contribution in [1.82, 2.24) is 10.6 Å². The van der Waals surface area contributed by atoms with Gasteiger partial charge in [0.05, 0.1) is 0 Å². The van der Waals surface area contributed by atoms with Gasteiger partial charge in [-0.1, -0.05) is 44.2 Å². The van der Waals surface area contributed by atoms with E-state index < -0.39 is 24.0 Å². The molecule has 0 saturated heterocycles. The van der Waals surface area contributed by atoms with E-state index in [-0.39, 0.29) is 24.2 Å².